The zero-order valence-corrected chi connectivity index (χ0v) is 10.2. The first-order valence-corrected chi connectivity index (χ1v) is 6.19. The molecule has 0 saturated heterocycles. The number of rotatable bonds is 1. The number of imidazole rings is 1. The zero-order valence-electron chi connectivity index (χ0n) is 9.34. The monoisotopic (exact) mass is 246 g/mol. The van der Waals surface area contributed by atoms with Crippen LogP contribution in [0.25, 0.3) is 0 Å². The number of aliphatic hydroxyl groups is 1. The summed E-state index contributed by atoms with van der Waals surface area (Å²) in [7, 11) is 0. The Bertz CT molecular complexity index is 587. The van der Waals surface area contributed by atoms with Crippen LogP contribution in [0.1, 0.15) is 29.7 Å². The Hall–Kier alpha value is -1.39. The van der Waals surface area contributed by atoms with Gasteiger partial charge in [0.1, 0.15) is 6.10 Å². The molecule has 0 aliphatic heterocycles. The Balaban J connectivity index is 2.03. The van der Waals surface area contributed by atoms with Gasteiger partial charge in [0.05, 0.1) is 6.04 Å². The minimum absolute atomic E-state index is 0.0450. The van der Waals surface area contributed by atoms with Crippen molar-refractivity contribution in [1.29, 1.82) is 0 Å². The summed E-state index contributed by atoms with van der Waals surface area (Å²) in [5, 5.41) is 10.4. The number of aryl methyl sites for hydroxylation is 1. The number of hydrogen-bond acceptors (Lipinski definition) is 2. The molecule has 0 fully saturated rings. The van der Waals surface area contributed by atoms with E-state index in [9.17, 15) is 5.11 Å². The third-order valence-electron chi connectivity index (χ3n) is 3.48. The second kappa shape index (κ2) is 4.13. The maximum absolute atomic E-state index is 10.4. The molecule has 1 aliphatic rings. The molecular formula is C13H14N2OS. The number of hydrogen-bond donors (Lipinski definition) is 2. The molecule has 0 saturated carbocycles. The number of H-pyrrole nitrogens is 1. The summed E-state index contributed by atoms with van der Waals surface area (Å²) >= 11 is 5.21. The molecule has 0 bridgehead atoms. The summed E-state index contributed by atoms with van der Waals surface area (Å²) < 4.78 is 2.63. The van der Waals surface area contributed by atoms with E-state index in [1.165, 1.54) is 5.56 Å². The fraction of sp³-hybridized carbons (Fsp3) is 0.308. The highest BCUT2D eigenvalue weighted by atomic mass is 32.1. The summed E-state index contributed by atoms with van der Waals surface area (Å²) in [4.78, 5) is 2.98. The van der Waals surface area contributed by atoms with Crippen molar-refractivity contribution in [1.82, 2.24) is 9.55 Å². The van der Waals surface area contributed by atoms with Gasteiger partial charge in [0, 0.05) is 12.4 Å². The van der Waals surface area contributed by atoms with Crippen molar-refractivity contribution in [3.63, 3.8) is 0 Å². The molecule has 1 aromatic carbocycles. The number of benzene rings is 1. The lowest BCUT2D eigenvalue weighted by Crippen LogP contribution is -2.23. The number of nitrogens with zero attached hydrogens (tertiary/aromatic N) is 1. The quantitative estimate of drug-likeness (QED) is 0.760. The number of aliphatic hydroxyl groups excluding tert-OH is 1. The van der Waals surface area contributed by atoms with E-state index in [-0.39, 0.29) is 6.04 Å². The van der Waals surface area contributed by atoms with Crippen LogP contribution in [0.4, 0.5) is 0 Å². The third kappa shape index (κ3) is 1.73. The molecule has 2 atom stereocenters. The highest BCUT2D eigenvalue weighted by Crippen LogP contribution is 2.37. The van der Waals surface area contributed by atoms with Crippen molar-refractivity contribution < 1.29 is 5.11 Å². The van der Waals surface area contributed by atoms with Crippen LogP contribution in [0.5, 0.6) is 0 Å². The molecule has 0 amide bonds. The second-order valence-electron chi connectivity index (χ2n) is 4.42. The standard InChI is InChI=1S/C13H14N2OS/c16-12-10-4-2-1-3-9(10)5-6-11(12)15-8-7-14-13(15)17/h1-4,7-8,11-12,16H,5-6H2,(H,14,17). The van der Waals surface area contributed by atoms with E-state index in [4.69, 9.17) is 12.2 Å². The van der Waals surface area contributed by atoms with E-state index in [1.807, 2.05) is 35.2 Å². The van der Waals surface area contributed by atoms with Crippen molar-refractivity contribution in [2.75, 3.05) is 0 Å². The van der Waals surface area contributed by atoms with Gasteiger partial charge in [0.25, 0.3) is 0 Å². The summed E-state index contributed by atoms with van der Waals surface area (Å²) in [5.74, 6) is 0. The van der Waals surface area contributed by atoms with Gasteiger partial charge in [-0.2, -0.15) is 0 Å². The molecule has 1 aromatic heterocycles. The lowest BCUT2D eigenvalue weighted by atomic mass is 9.86. The van der Waals surface area contributed by atoms with Crippen molar-refractivity contribution in [2.45, 2.75) is 25.0 Å². The first-order valence-electron chi connectivity index (χ1n) is 5.79. The fourth-order valence-electron chi connectivity index (χ4n) is 2.60. The molecular weight excluding hydrogens is 232 g/mol. The van der Waals surface area contributed by atoms with Crippen molar-refractivity contribution in [3.8, 4) is 0 Å². The molecule has 1 heterocycles. The molecule has 3 nitrogen and oxygen atoms in total. The van der Waals surface area contributed by atoms with E-state index >= 15 is 0 Å². The summed E-state index contributed by atoms with van der Waals surface area (Å²) in [6, 6.07) is 8.13. The Morgan fingerprint density at radius 1 is 1.35 bits per heavy atom. The normalized spacial score (nSPS) is 23.4. The number of fused-ring (bicyclic) bond motifs is 1. The number of aromatic amines is 1. The van der Waals surface area contributed by atoms with E-state index in [0.29, 0.717) is 4.77 Å². The predicted molar refractivity (Wildman–Crippen MR) is 68.4 cm³/mol. The van der Waals surface area contributed by atoms with Gasteiger partial charge in [-0.25, -0.2) is 0 Å². The van der Waals surface area contributed by atoms with Crippen LogP contribution in [-0.4, -0.2) is 14.7 Å². The topological polar surface area (TPSA) is 41.0 Å². The van der Waals surface area contributed by atoms with E-state index in [1.54, 1.807) is 0 Å². The molecule has 1 aliphatic carbocycles. The van der Waals surface area contributed by atoms with Crippen LogP contribution in [0.3, 0.4) is 0 Å². The van der Waals surface area contributed by atoms with Gasteiger partial charge in [-0.05, 0) is 36.2 Å². The average molecular weight is 246 g/mol. The predicted octanol–water partition coefficient (Wildman–Crippen LogP) is 2.77. The molecule has 0 spiro atoms. The van der Waals surface area contributed by atoms with Crippen LogP contribution in [-0.2, 0) is 6.42 Å². The smallest absolute Gasteiger partial charge is 0.177 e. The Labute approximate surface area is 105 Å². The van der Waals surface area contributed by atoms with Crippen LogP contribution >= 0.6 is 12.2 Å². The minimum Gasteiger partial charge on any atom is -0.386 e. The van der Waals surface area contributed by atoms with Crippen LogP contribution in [0, 0.1) is 4.77 Å². The molecule has 2 aromatic rings. The van der Waals surface area contributed by atoms with Crippen molar-refractivity contribution >= 4 is 12.2 Å². The maximum Gasteiger partial charge on any atom is 0.177 e. The van der Waals surface area contributed by atoms with E-state index in [2.05, 4.69) is 11.1 Å². The summed E-state index contributed by atoms with van der Waals surface area (Å²) in [5.41, 5.74) is 2.28. The van der Waals surface area contributed by atoms with Gasteiger partial charge < -0.3 is 14.7 Å². The summed E-state index contributed by atoms with van der Waals surface area (Å²) in [6.07, 6.45) is 5.16. The Morgan fingerprint density at radius 2 is 2.18 bits per heavy atom. The number of aromatic nitrogens is 2. The first kappa shape index (κ1) is 10.7. The molecule has 0 radical (unpaired) electrons. The van der Waals surface area contributed by atoms with E-state index < -0.39 is 6.10 Å². The van der Waals surface area contributed by atoms with E-state index in [0.717, 1.165) is 18.4 Å². The minimum atomic E-state index is -0.470. The largest absolute Gasteiger partial charge is 0.386 e. The molecule has 3 rings (SSSR count). The fourth-order valence-corrected chi connectivity index (χ4v) is 2.87. The molecule has 4 heteroatoms. The molecule has 17 heavy (non-hydrogen) atoms. The zero-order chi connectivity index (χ0) is 11.8. The first-order chi connectivity index (χ1) is 8.27. The van der Waals surface area contributed by atoms with Crippen LogP contribution < -0.4 is 0 Å². The van der Waals surface area contributed by atoms with Gasteiger partial charge in [0.15, 0.2) is 4.77 Å². The van der Waals surface area contributed by atoms with Crippen LogP contribution in [0.2, 0.25) is 0 Å². The van der Waals surface area contributed by atoms with Gasteiger partial charge >= 0.3 is 0 Å². The molecule has 88 valence electrons. The molecule has 2 unspecified atom stereocenters. The SMILES string of the molecule is OC1c2ccccc2CCC1n1cc[nH]c1=S. The highest BCUT2D eigenvalue weighted by Gasteiger charge is 2.28. The lowest BCUT2D eigenvalue weighted by Gasteiger charge is -2.30. The van der Waals surface area contributed by atoms with Gasteiger partial charge in [0.2, 0.25) is 0 Å². The third-order valence-corrected chi connectivity index (χ3v) is 3.81. The van der Waals surface area contributed by atoms with Crippen LogP contribution in [0.15, 0.2) is 36.7 Å². The maximum atomic E-state index is 10.4. The summed E-state index contributed by atoms with van der Waals surface area (Å²) in [6.45, 7) is 0. The van der Waals surface area contributed by atoms with Gasteiger partial charge in [-0.15, -0.1) is 0 Å². The lowest BCUT2D eigenvalue weighted by molar-refractivity contribution is 0.0981. The van der Waals surface area contributed by atoms with Crippen molar-refractivity contribution in [2.24, 2.45) is 0 Å². The van der Waals surface area contributed by atoms with Crippen molar-refractivity contribution in [3.05, 3.63) is 52.6 Å². The average Bonchev–Trinajstić information content (AvgIpc) is 2.76. The van der Waals surface area contributed by atoms with Gasteiger partial charge in [-0.1, -0.05) is 24.3 Å². The Morgan fingerprint density at radius 3 is 2.94 bits per heavy atom. The Kier molecular flexibility index (Phi) is 2.61. The second-order valence-corrected chi connectivity index (χ2v) is 4.81. The molecule has 2 N–H and O–H groups in total. The highest BCUT2D eigenvalue weighted by molar-refractivity contribution is 7.71. The number of nitrogens with one attached hydrogen (secondary N) is 1. The van der Waals surface area contributed by atoms with Gasteiger partial charge in [-0.3, -0.25) is 0 Å².